The first-order chi connectivity index (χ1) is 17.9. The van der Waals surface area contributed by atoms with Gasteiger partial charge in [0.2, 0.25) is 5.91 Å². The lowest BCUT2D eigenvalue weighted by Crippen LogP contribution is -2.33. The lowest BCUT2D eigenvalue weighted by molar-refractivity contribution is -0.116. The summed E-state index contributed by atoms with van der Waals surface area (Å²) in [5, 5.41) is 7.00. The van der Waals surface area contributed by atoms with Gasteiger partial charge < -0.3 is 20.1 Å². The second kappa shape index (κ2) is 10.5. The molecule has 1 aliphatic rings. The van der Waals surface area contributed by atoms with Crippen molar-refractivity contribution in [3.05, 3.63) is 114 Å². The first kappa shape index (κ1) is 24.6. The minimum atomic E-state index is -0.307. The number of carbonyl (C=O) groups is 1. The molecule has 2 atom stereocenters. The van der Waals surface area contributed by atoms with Crippen molar-refractivity contribution in [1.82, 2.24) is 19.8 Å². The van der Waals surface area contributed by atoms with Crippen LogP contribution in [0, 0.1) is 19.7 Å². The van der Waals surface area contributed by atoms with Crippen molar-refractivity contribution in [2.75, 3.05) is 11.9 Å². The Morgan fingerprint density at radius 2 is 1.95 bits per heavy atom. The number of hydrogen-bond acceptors (Lipinski definition) is 3. The van der Waals surface area contributed by atoms with Crippen LogP contribution >= 0.6 is 12.2 Å². The lowest BCUT2D eigenvalue weighted by atomic mass is 10.0. The van der Waals surface area contributed by atoms with E-state index < -0.39 is 0 Å². The molecule has 5 rings (SSSR count). The number of amides is 1. The first-order valence-corrected chi connectivity index (χ1v) is 12.6. The number of nitrogens with one attached hydrogen (secondary N) is 2. The largest absolute Gasteiger partial charge is 0.352 e. The van der Waals surface area contributed by atoms with Crippen molar-refractivity contribution >= 4 is 28.9 Å². The fourth-order valence-corrected chi connectivity index (χ4v) is 5.10. The molecule has 4 aromatic rings. The third-order valence-corrected chi connectivity index (χ3v) is 6.97. The maximum Gasteiger partial charge on any atom is 0.226 e. The Morgan fingerprint density at radius 3 is 2.73 bits per heavy atom. The van der Waals surface area contributed by atoms with Gasteiger partial charge in [0.05, 0.1) is 17.8 Å². The fourth-order valence-electron chi connectivity index (χ4n) is 4.77. The number of benzene rings is 2. The van der Waals surface area contributed by atoms with Gasteiger partial charge in [-0.2, -0.15) is 0 Å². The molecule has 188 valence electrons. The van der Waals surface area contributed by atoms with Gasteiger partial charge in [0.1, 0.15) is 5.82 Å². The quantitative estimate of drug-likeness (QED) is 0.314. The Balaban J connectivity index is 1.44. The second-order valence-electron chi connectivity index (χ2n) is 9.22. The van der Waals surface area contributed by atoms with Crippen LogP contribution in [-0.4, -0.2) is 32.0 Å². The van der Waals surface area contributed by atoms with Crippen LogP contribution in [-0.2, 0) is 4.79 Å². The van der Waals surface area contributed by atoms with E-state index in [1.807, 2.05) is 84.1 Å². The first-order valence-electron chi connectivity index (χ1n) is 12.2. The molecule has 6 nitrogen and oxygen atoms in total. The molecule has 0 bridgehead atoms. The summed E-state index contributed by atoms with van der Waals surface area (Å²) < 4.78 is 16.0. The number of hydrogen-bond donors (Lipinski definition) is 2. The molecule has 0 spiro atoms. The second-order valence-corrected chi connectivity index (χ2v) is 9.61. The van der Waals surface area contributed by atoms with Crippen LogP contribution in [0.2, 0.25) is 0 Å². The topological polar surface area (TPSA) is 62.2 Å². The average Bonchev–Trinajstić information content (AvgIpc) is 3.49. The number of rotatable bonds is 7. The van der Waals surface area contributed by atoms with Crippen molar-refractivity contribution < 1.29 is 9.18 Å². The van der Waals surface area contributed by atoms with E-state index in [0.29, 0.717) is 17.3 Å². The van der Waals surface area contributed by atoms with E-state index in [0.717, 1.165) is 28.2 Å². The van der Waals surface area contributed by atoms with E-state index >= 15 is 0 Å². The molecule has 2 N–H and O–H groups in total. The summed E-state index contributed by atoms with van der Waals surface area (Å²) >= 11 is 5.75. The van der Waals surface area contributed by atoms with Crippen molar-refractivity contribution in [3.63, 3.8) is 0 Å². The van der Waals surface area contributed by atoms with Crippen LogP contribution < -0.4 is 10.6 Å². The van der Waals surface area contributed by atoms with Gasteiger partial charge in [-0.15, -0.1) is 0 Å². The zero-order chi connectivity index (χ0) is 25.9. The summed E-state index contributed by atoms with van der Waals surface area (Å²) in [5.74, 6) is -0.393. The molecule has 37 heavy (non-hydrogen) atoms. The smallest absolute Gasteiger partial charge is 0.226 e. The Bertz CT molecular complexity index is 1440. The van der Waals surface area contributed by atoms with Gasteiger partial charge in [0.25, 0.3) is 0 Å². The van der Waals surface area contributed by atoms with Crippen LogP contribution in [0.25, 0.3) is 5.69 Å². The summed E-state index contributed by atoms with van der Waals surface area (Å²) in [7, 11) is 0. The molecule has 2 aromatic carbocycles. The number of thiocarbonyl (C=S) groups is 1. The minimum Gasteiger partial charge on any atom is -0.352 e. The standard InChI is InChI=1S/C29H28FN5OS/c1-19-11-12-20(2)24(17-19)32-26(36)13-16-35-28(27(33-29(35)37)23-9-3-4-14-31-23)25-10-6-15-34(25)22-8-5-7-21(30)18-22/h3-12,14-15,17-18,27-28H,13,16H2,1-2H3,(H,32,36)(H,33,37). The molecule has 2 unspecified atom stereocenters. The van der Waals surface area contributed by atoms with Gasteiger partial charge in [-0.25, -0.2) is 4.39 Å². The fraction of sp³-hybridized carbons (Fsp3) is 0.207. The summed E-state index contributed by atoms with van der Waals surface area (Å²) in [6, 6.07) is 21.7. The molecule has 1 saturated heterocycles. The van der Waals surface area contributed by atoms with E-state index in [2.05, 4.69) is 15.6 Å². The molecular weight excluding hydrogens is 485 g/mol. The summed E-state index contributed by atoms with van der Waals surface area (Å²) in [4.78, 5) is 19.6. The van der Waals surface area contributed by atoms with Crippen molar-refractivity contribution in [3.8, 4) is 5.69 Å². The van der Waals surface area contributed by atoms with E-state index in [4.69, 9.17) is 12.2 Å². The summed E-state index contributed by atoms with van der Waals surface area (Å²) in [6.07, 6.45) is 3.91. The molecule has 1 amide bonds. The normalized spacial score (nSPS) is 17.1. The molecule has 0 aliphatic carbocycles. The lowest BCUT2D eigenvalue weighted by Gasteiger charge is -2.29. The third-order valence-electron chi connectivity index (χ3n) is 6.61. The van der Waals surface area contributed by atoms with E-state index in [1.165, 1.54) is 12.1 Å². The number of nitrogens with zero attached hydrogens (tertiary/aromatic N) is 3. The molecule has 1 fully saturated rings. The average molecular weight is 514 g/mol. The Labute approximate surface area is 221 Å². The highest BCUT2D eigenvalue weighted by molar-refractivity contribution is 7.80. The SMILES string of the molecule is Cc1ccc(C)c(NC(=O)CCN2C(=S)NC(c3ccccn3)C2c2cccn2-c2cccc(F)c2)c1. The van der Waals surface area contributed by atoms with Crippen molar-refractivity contribution in [2.24, 2.45) is 0 Å². The van der Waals surface area contributed by atoms with Crippen LogP contribution in [0.4, 0.5) is 10.1 Å². The third kappa shape index (κ3) is 5.24. The van der Waals surface area contributed by atoms with Gasteiger partial charge in [-0.1, -0.05) is 24.3 Å². The Hall–Kier alpha value is -4.04. The number of halogens is 1. The molecule has 2 aromatic heterocycles. The van der Waals surface area contributed by atoms with Crippen molar-refractivity contribution in [1.29, 1.82) is 0 Å². The minimum absolute atomic E-state index is 0.0861. The van der Waals surface area contributed by atoms with E-state index in [1.54, 1.807) is 12.3 Å². The van der Waals surface area contributed by atoms with Gasteiger partial charge >= 0.3 is 0 Å². The number of anilines is 1. The maximum atomic E-state index is 14.1. The Kier molecular flexibility index (Phi) is 7.01. The maximum absolute atomic E-state index is 14.1. The molecule has 8 heteroatoms. The number of carbonyl (C=O) groups excluding carboxylic acids is 1. The molecule has 0 saturated carbocycles. The van der Waals surface area contributed by atoms with Crippen LogP contribution in [0.3, 0.4) is 0 Å². The van der Waals surface area contributed by atoms with Gasteiger partial charge in [-0.3, -0.25) is 9.78 Å². The number of pyridine rings is 1. The van der Waals surface area contributed by atoms with E-state index in [-0.39, 0.29) is 30.2 Å². The highest BCUT2D eigenvalue weighted by Gasteiger charge is 2.41. The predicted octanol–water partition coefficient (Wildman–Crippen LogP) is 5.63. The van der Waals surface area contributed by atoms with Crippen molar-refractivity contribution in [2.45, 2.75) is 32.4 Å². The predicted molar refractivity (Wildman–Crippen MR) is 147 cm³/mol. The monoisotopic (exact) mass is 513 g/mol. The van der Waals surface area contributed by atoms with Crippen LogP contribution in [0.15, 0.2) is 85.2 Å². The molecular formula is C29H28FN5OS. The summed E-state index contributed by atoms with van der Waals surface area (Å²) in [5.41, 5.74) is 5.38. The van der Waals surface area contributed by atoms with Gasteiger partial charge in [0.15, 0.2) is 5.11 Å². The highest BCUT2D eigenvalue weighted by Crippen LogP contribution is 2.39. The zero-order valence-corrected chi connectivity index (χ0v) is 21.5. The van der Waals surface area contributed by atoms with E-state index in [9.17, 15) is 9.18 Å². The van der Waals surface area contributed by atoms with Crippen LogP contribution in [0.5, 0.6) is 0 Å². The molecule has 1 aliphatic heterocycles. The molecule has 0 radical (unpaired) electrons. The number of aromatic nitrogens is 2. The Morgan fingerprint density at radius 1 is 1.08 bits per heavy atom. The number of aryl methyl sites for hydroxylation is 2. The highest BCUT2D eigenvalue weighted by atomic mass is 32.1. The molecule has 3 heterocycles. The van der Waals surface area contributed by atoms with Gasteiger partial charge in [0, 0.05) is 42.4 Å². The zero-order valence-electron chi connectivity index (χ0n) is 20.7. The van der Waals surface area contributed by atoms with Gasteiger partial charge in [-0.05, 0) is 85.7 Å². The summed E-state index contributed by atoms with van der Waals surface area (Å²) in [6.45, 7) is 4.38. The van der Waals surface area contributed by atoms with Crippen LogP contribution in [0.1, 0.15) is 41.0 Å².